The number of nitrogen functional groups attached to an aromatic ring is 1. The average Bonchev–Trinajstić information content (AvgIpc) is 2.29. The Bertz CT molecular complexity index is 356. The number of aromatic nitrogens is 2. The number of rotatable bonds is 3. The lowest BCUT2D eigenvalue weighted by Crippen LogP contribution is -2.47. The van der Waals surface area contributed by atoms with E-state index in [-0.39, 0.29) is 6.61 Å². The zero-order valence-electron chi connectivity index (χ0n) is 10.1. The van der Waals surface area contributed by atoms with E-state index in [9.17, 15) is 0 Å². The molecule has 0 spiro atoms. The van der Waals surface area contributed by atoms with E-state index in [1.165, 1.54) is 0 Å². The van der Waals surface area contributed by atoms with Crippen molar-refractivity contribution >= 4 is 11.8 Å². The van der Waals surface area contributed by atoms with E-state index in [1.54, 1.807) is 6.07 Å². The van der Waals surface area contributed by atoms with Gasteiger partial charge in [0.25, 0.3) is 0 Å². The van der Waals surface area contributed by atoms with Crippen LogP contribution in [0.1, 0.15) is 5.69 Å². The van der Waals surface area contributed by atoms with Gasteiger partial charge in [-0.05, 0) is 6.92 Å². The van der Waals surface area contributed by atoms with Crippen LogP contribution in [0, 0.1) is 6.92 Å². The standard InChI is InChI=1S/C11H19N5O/c1-9-8-10(12)14-11(13-9)16-4-2-15(3-5-16)6-7-17/h8,17H,2-7H2,1H3,(H2,12,13,14). The number of aryl methyl sites for hydroxylation is 1. The predicted molar refractivity (Wildman–Crippen MR) is 66.9 cm³/mol. The quantitative estimate of drug-likeness (QED) is 0.736. The molecule has 0 atom stereocenters. The van der Waals surface area contributed by atoms with Gasteiger partial charge >= 0.3 is 0 Å². The number of aliphatic hydroxyl groups excluding tert-OH is 1. The highest BCUT2D eigenvalue weighted by Gasteiger charge is 2.18. The molecule has 0 unspecified atom stereocenters. The smallest absolute Gasteiger partial charge is 0.227 e. The van der Waals surface area contributed by atoms with Gasteiger partial charge in [0.2, 0.25) is 5.95 Å². The molecule has 1 saturated heterocycles. The van der Waals surface area contributed by atoms with Gasteiger partial charge in [0.05, 0.1) is 6.61 Å². The number of piperazine rings is 1. The number of hydrogen-bond acceptors (Lipinski definition) is 6. The van der Waals surface area contributed by atoms with Crippen LogP contribution in [-0.4, -0.2) is 59.3 Å². The second kappa shape index (κ2) is 5.29. The van der Waals surface area contributed by atoms with Gasteiger partial charge in [-0.15, -0.1) is 0 Å². The Morgan fingerprint density at radius 3 is 2.59 bits per heavy atom. The van der Waals surface area contributed by atoms with E-state index < -0.39 is 0 Å². The first-order chi connectivity index (χ1) is 8.19. The molecule has 1 aliphatic rings. The van der Waals surface area contributed by atoms with Gasteiger partial charge in [-0.3, -0.25) is 4.90 Å². The number of nitrogens with zero attached hydrogens (tertiary/aromatic N) is 4. The third-order valence-electron chi connectivity index (χ3n) is 2.93. The van der Waals surface area contributed by atoms with Gasteiger partial charge in [0.1, 0.15) is 5.82 Å². The summed E-state index contributed by atoms with van der Waals surface area (Å²) in [7, 11) is 0. The average molecular weight is 237 g/mol. The van der Waals surface area contributed by atoms with Crippen LogP contribution in [0.25, 0.3) is 0 Å². The molecule has 0 aliphatic carbocycles. The highest BCUT2D eigenvalue weighted by atomic mass is 16.3. The molecule has 0 aromatic carbocycles. The molecule has 94 valence electrons. The molecule has 1 aromatic heterocycles. The molecule has 1 aromatic rings. The maximum absolute atomic E-state index is 8.88. The lowest BCUT2D eigenvalue weighted by atomic mass is 10.3. The van der Waals surface area contributed by atoms with E-state index in [0.717, 1.165) is 38.4 Å². The topological polar surface area (TPSA) is 78.5 Å². The van der Waals surface area contributed by atoms with Crippen molar-refractivity contribution in [3.8, 4) is 0 Å². The molecular weight excluding hydrogens is 218 g/mol. The second-order valence-corrected chi connectivity index (χ2v) is 4.29. The normalized spacial score (nSPS) is 17.4. The third-order valence-corrected chi connectivity index (χ3v) is 2.93. The van der Waals surface area contributed by atoms with E-state index in [2.05, 4.69) is 19.8 Å². The molecule has 3 N–H and O–H groups in total. The summed E-state index contributed by atoms with van der Waals surface area (Å²) in [5.41, 5.74) is 6.61. The van der Waals surface area contributed by atoms with Gasteiger partial charge in [-0.2, -0.15) is 4.98 Å². The van der Waals surface area contributed by atoms with Gasteiger partial charge < -0.3 is 15.7 Å². The number of hydrogen-bond donors (Lipinski definition) is 2. The van der Waals surface area contributed by atoms with E-state index in [1.807, 2.05) is 6.92 Å². The monoisotopic (exact) mass is 237 g/mol. The number of anilines is 2. The fraction of sp³-hybridized carbons (Fsp3) is 0.636. The summed E-state index contributed by atoms with van der Waals surface area (Å²) < 4.78 is 0. The molecule has 2 rings (SSSR count). The molecule has 6 heteroatoms. The van der Waals surface area contributed by atoms with Crippen molar-refractivity contribution in [2.24, 2.45) is 0 Å². The fourth-order valence-corrected chi connectivity index (χ4v) is 2.03. The summed E-state index contributed by atoms with van der Waals surface area (Å²) in [6.45, 7) is 6.49. The highest BCUT2D eigenvalue weighted by Crippen LogP contribution is 2.13. The first-order valence-corrected chi connectivity index (χ1v) is 5.88. The molecule has 0 radical (unpaired) electrons. The fourth-order valence-electron chi connectivity index (χ4n) is 2.03. The lowest BCUT2D eigenvalue weighted by molar-refractivity contribution is 0.188. The Hall–Kier alpha value is -1.40. The Balaban J connectivity index is 2.00. The van der Waals surface area contributed by atoms with Gasteiger partial charge in [-0.1, -0.05) is 0 Å². The molecule has 6 nitrogen and oxygen atoms in total. The Labute approximate surface area is 101 Å². The largest absolute Gasteiger partial charge is 0.395 e. The van der Waals surface area contributed by atoms with Crippen LogP contribution >= 0.6 is 0 Å². The maximum atomic E-state index is 8.88. The van der Waals surface area contributed by atoms with E-state index >= 15 is 0 Å². The van der Waals surface area contributed by atoms with Crippen LogP contribution in [0.4, 0.5) is 11.8 Å². The molecule has 1 aliphatic heterocycles. The minimum Gasteiger partial charge on any atom is -0.395 e. The first kappa shape index (κ1) is 12.1. The van der Waals surface area contributed by atoms with Crippen LogP contribution in [0.15, 0.2) is 6.07 Å². The number of nitrogens with two attached hydrogens (primary N) is 1. The summed E-state index contributed by atoms with van der Waals surface area (Å²) in [5.74, 6) is 1.23. The zero-order valence-corrected chi connectivity index (χ0v) is 10.1. The maximum Gasteiger partial charge on any atom is 0.227 e. The summed E-state index contributed by atoms with van der Waals surface area (Å²) in [6.07, 6.45) is 0. The minimum atomic E-state index is 0.216. The Kier molecular flexibility index (Phi) is 3.75. The third kappa shape index (κ3) is 3.04. The van der Waals surface area contributed by atoms with Crippen molar-refractivity contribution < 1.29 is 5.11 Å². The van der Waals surface area contributed by atoms with Crippen molar-refractivity contribution in [2.45, 2.75) is 6.92 Å². The van der Waals surface area contributed by atoms with Gasteiger partial charge in [0, 0.05) is 44.5 Å². The molecule has 1 fully saturated rings. The molecule has 0 saturated carbocycles. The number of aliphatic hydroxyl groups is 1. The van der Waals surface area contributed by atoms with Crippen LogP contribution in [0.2, 0.25) is 0 Å². The van der Waals surface area contributed by atoms with Crippen molar-refractivity contribution in [2.75, 3.05) is 50.0 Å². The SMILES string of the molecule is Cc1cc(N)nc(N2CCN(CCO)CC2)n1. The molecule has 0 amide bonds. The van der Waals surface area contributed by atoms with Crippen LogP contribution < -0.4 is 10.6 Å². The zero-order chi connectivity index (χ0) is 12.3. The summed E-state index contributed by atoms with van der Waals surface area (Å²) >= 11 is 0. The van der Waals surface area contributed by atoms with Crippen molar-refractivity contribution in [1.82, 2.24) is 14.9 Å². The summed E-state index contributed by atoms with van der Waals surface area (Å²) in [4.78, 5) is 13.0. The molecule has 0 bridgehead atoms. The summed E-state index contributed by atoms with van der Waals surface area (Å²) in [5, 5.41) is 8.88. The Morgan fingerprint density at radius 1 is 1.29 bits per heavy atom. The molecule has 2 heterocycles. The predicted octanol–water partition coefficient (Wildman–Crippen LogP) is -0.518. The van der Waals surface area contributed by atoms with Crippen molar-refractivity contribution in [3.05, 3.63) is 11.8 Å². The lowest BCUT2D eigenvalue weighted by Gasteiger charge is -2.34. The van der Waals surface area contributed by atoms with Crippen molar-refractivity contribution in [1.29, 1.82) is 0 Å². The van der Waals surface area contributed by atoms with E-state index in [0.29, 0.717) is 11.8 Å². The van der Waals surface area contributed by atoms with E-state index in [4.69, 9.17) is 10.8 Å². The van der Waals surface area contributed by atoms with Crippen LogP contribution in [0.5, 0.6) is 0 Å². The number of β-amino-alcohol motifs (C(OH)–C–C–N with tert-alkyl or cyclic N) is 1. The molecule has 17 heavy (non-hydrogen) atoms. The van der Waals surface area contributed by atoms with Crippen LogP contribution in [-0.2, 0) is 0 Å². The Morgan fingerprint density at radius 2 is 2.00 bits per heavy atom. The van der Waals surface area contributed by atoms with Gasteiger partial charge in [-0.25, -0.2) is 4.98 Å². The summed E-state index contributed by atoms with van der Waals surface area (Å²) in [6, 6.07) is 1.77. The second-order valence-electron chi connectivity index (χ2n) is 4.29. The van der Waals surface area contributed by atoms with Crippen molar-refractivity contribution in [3.63, 3.8) is 0 Å². The first-order valence-electron chi connectivity index (χ1n) is 5.88. The molecular formula is C11H19N5O. The minimum absolute atomic E-state index is 0.216. The highest BCUT2D eigenvalue weighted by molar-refractivity contribution is 5.40. The van der Waals surface area contributed by atoms with Gasteiger partial charge in [0.15, 0.2) is 0 Å². The van der Waals surface area contributed by atoms with Crippen LogP contribution in [0.3, 0.4) is 0 Å².